The van der Waals surface area contributed by atoms with E-state index in [4.69, 9.17) is 4.74 Å². The number of hydrogen-bond donors (Lipinski definition) is 0. The standard InChI is InChI=1S/C19H17BrN2O2S3/c1-12(17(23)14-5-7-15(20)8-6-14)26-19-22-21-18(27-19)25-11-13-3-9-16(24-2)10-4-13/h3-10,12H,11H2,1-2H3. The molecule has 0 N–H and O–H groups in total. The van der Waals surface area contributed by atoms with Gasteiger partial charge < -0.3 is 4.74 Å². The first kappa shape index (κ1) is 20.4. The van der Waals surface area contributed by atoms with Crippen molar-refractivity contribution in [1.29, 1.82) is 0 Å². The molecule has 1 aromatic heterocycles. The lowest BCUT2D eigenvalue weighted by molar-refractivity contribution is 0.0994. The van der Waals surface area contributed by atoms with Crippen molar-refractivity contribution in [3.8, 4) is 5.75 Å². The van der Waals surface area contributed by atoms with Gasteiger partial charge in [0, 0.05) is 15.8 Å². The molecule has 0 amide bonds. The molecule has 0 aliphatic heterocycles. The van der Waals surface area contributed by atoms with E-state index in [-0.39, 0.29) is 11.0 Å². The highest BCUT2D eigenvalue weighted by atomic mass is 79.9. The molecule has 1 heterocycles. The molecule has 4 nitrogen and oxygen atoms in total. The highest BCUT2D eigenvalue weighted by Gasteiger charge is 2.19. The molecule has 0 bridgehead atoms. The molecule has 0 saturated carbocycles. The Morgan fingerprint density at radius 2 is 1.78 bits per heavy atom. The molecule has 3 aromatic rings. The van der Waals surface area contributed by atoms with Crippen LogP contribution in [0.15, 0.2) is 61.7 Å². The maximum absolute atomic E-state index is 12.5. The first-order valence-corrected chi connectivity index (χ1v) is 11.6. The van der Waals surface area contributed by atoms with E-state index >= 15 is 0 Å². The second kappa shape index (κ2) is 9.73. The fraction of sp³-hybridized carbons (Fsp3) is 0.211. The number of thioether (sulfide) groups is 2. The second-order valence-corrected chi connectivity index (χ2v) is 10.3. The van der Waals surface area contributed by atoms with Crippen LogP contribution in [0.2, 0.25) is 0 Å². The fourth-order valence-electron chi connectivity index (χ4n) is 2.22. The average molecular weight is 481 g/mol. The van der Waals surface area contributed by atoms with Gasteiger partial charge in [0.2, 0.25) is 0 Å². The topological polar surface area (TPSA) is 52.1 Å². The molecule has 3 rings (SSSR count). The molecule has 1 unspecified atom stereocenters. The molecule has 0 saturated heterocycles. The van der Waals surface area contributed by atoms with Crippen LogP contribution in [0.4, 0.5) is 0 Å². The summed E-state index contributed by atoms with van der Waals surface area (Å²) in [4.78, 5) is 12.5. The maximum Gasteiger partial charge on any atom is 0.175 e. The summed E-state index contributed by atoms with van der Waals surface area (Å²) in [6, 6.07) is 15.4. The quantitative estimate of drug-likeness (QED) is 0.292. The Morgan fingerprint density at radius 1 is 1.11 bits per heavy atom. The molecule has 0 spiro atoms. The van der Waals surface area contributed by atoms with E-state index in [2.05, 4.69) is 26.1 Å². The van der Waals surface area contributed by atoms with Crippen molar-refractivity contribution in [2.24, 2.45) is 0 Å². The normalized spacial score (nSPS) is 12.0. The number of nitrogens with zero attached hydrogens (tertiary/aromatic N) is 2. The van der Waals surface area contributed by atoms with E-state index in [1.807, 2.05) is 55.5 Å². The third-order valence-electron chi connectivity index (χ3n) is 3.68. The summed E-state index contributed by atoms with van der Waals surface area (Å²) in [5.74, 6) is 1.76. The summed E-state index contributed by atoms with van der Waals surface area (Å²) in [6.45, 7) is 1.90. The predicted molar refractivity (Wildman–Crippen MR) is 116 cm³/mol. The van der Waals surface area contributed by atoms with Gasteiger partial charge >= 0.3 is 0 Å². The molecule has 8 heteroatoms. The van der Waals surface area contributed by atoms with Crippen LogP contribution in [0, 0.1) is 0 Å². The van der Waals surface area contributed by atoms with Crippen molar-refractivity contribution >= 4 is 56.6 Å². The van der Waals surface area contributed by atoms with E-state index in [1.54, 1.807) is 18.9 Å². The molecule has 0 radical (unpaired) electrons. The van der Waals surface area contributed by atoms with Crippen LogP contribution in [0.3, 0.4) is 0 Å². The van der Waals surface area contributed by atoms with Crippen LogP contribution < -0.4 is 4.74 Å². The van der Waals surface area contributed by atoms with Crippen molar-refractivity contribution < 1.29 is 9.53 Å². The average Bonchev–Trinajstić information content (AvgIpc) is 3.14. The van der Waals surface area contributed by atoms with Gasteiger partial charge in [0.15, 0.2) is 14.5 Å². The number of Topliss-reactive ketones (excluding diaryl/α,β-unsaturated/α-hetero) is 1. The van der Waals surface area contributed by atoms with E-state index in [9.17, 15) is 4.79 Å². The van der Waals surface area contributed by atoms with Gasteiger partial charge in [0.05, 0.1) is 12.4 Å². The maximum atomic E-state index is 12.5. The first-order valence-electron chi connectivity index (χ1n) is 8.11. The molecule has 0 fully saturated rings. The van der Waals surface area contributed by atoms with Gasteiger partial charge in [0.1, 0.15) is 5.75 Å². The Bertz CT molecular complexity index is 898. The number of methoxy groups -OCH3 is 1. The van der Waals surface area contributed by atoms with E-state index < -0.39 is 0 Å². The van der Waals surface area contributed by atoms with Gasteiger partial charge in [-0.15, -0.1) is 10.2 Å². The van der Waals surface area contributed by atoms with Crippen LogP contribution in [0.5, 0.6) is 5.75 Å². The number of halogens is 1. The van der Waals surface area contributed by atoms with Gasteiger partial charge in [-0.25, -0.2) is 0 Å². The minimum atomic E-state index is -0.210. The van der Waals surface area contributed by atoms with Crippen molar-refractivity contribution in [3.63, 3.8) is 0 Å². The molecule has 2 aromatic carbocycles. The zero-order chi connectivity index (χ0) is 19.2. The Labute approximate surface area is 179 Å². The summed E-state index contributed by atoms with van der Waals surface area (Å²) >= 11 is 8.00. The summed E-state index contributed by atoms with van der Waals surface area (Å²) in [5, 5.41) is 8.24. The SMILES string of the molecule is COc1ccc(CSc2nnc(SC(C)C(=O)c3ccc(Br)cc3)s2)cc1. The minimum absolute atomic E-state index is 0.0927. The van der Waals surface area contributed by atoms with Crippen LogP contribution >= 0.6 is 50.8 Å². The molecule has 0 aliphatic carbocycles. The number of carbonyl (C=O) groups is 1. The molecule has 140 valence electrons. The zero-order valence-corrected chi connectivity index (χ0v) is 18.8. The Morgan fingerprint density at radius 3 is 2.44 bits per heavy atom. The molecular weight excluding hydrogens is 464 g/mol. The van der Waals surface area contributed by atoms with E-state index in [1.165, 1.54) is 28.7 Å². The zero-order valence-electron chi connectivity index (χ0n) is 14.7. The van der Waals surface area contributed by atoms with E-state index in [0.717, 1.165) is 24.7 Å². The van der Waals surface area contributed by atoms with Gasteiger partial charge in [-0.1, -0.05) is 75.1 Å². The Hall–Kier alpha value is -1.35. The van der Waals surface area contributed by atoms with Crippen LogP contribution in [-0.2, 0) is 5.75 Å². The number of carbonyl (C=O) groups excluding carboxylic acids is 1. The van der Waals surface area contributed by atoms with Crippen molar-refractivity contribution in [1.82, 2.24) is 10.2 Å². The number of aromatic nitrogens is 2. The summed E-state index contributed by atoms with van der Waals surface area (Å²) in [5.41, 5.74) is 1.90. The Balaban J connectivity index is 1.55. The lowest BCUT2D eigenvalue weighted by Gasteiger charge is -2.07. The second-order valence-electron chi connectivity index (χ2n) is 5.60. The minimum Gasteiger partial charge on any atom is -0.497 e. The number of benzene rings is 2. The van der Waals surface area contributed by atoms with Crippen LogP contribution in [0.1, 0.15) is 22.8 Å². The predicted octanol–water partition coefficient (Wildman–Crippen LogP) is 5.97. The van der Waals surface area contributed by atoms with Gasteiger partial charge in [-0.05, 0) is 36.8 Å². The largest absolute Gasteiger partial charge is 0.497 e. The van der Waals surface area contributed by atoms with Gasteiger partial charge in [0.25, 0.3) is 0 Å². The smallest absolute Gasteiger partial charge is 0.175 e. The lowest BCUT2D eigenvalue weighted by Crippen LogP contribution is -2.13. The summed E-state index contributed by atoms with van der Waals surface area (Å²) in [7, 11) is 1.66. The summed E-state index contributed by atoms with van der Waals surface area (Å²) < 4.78 is 7.84. The van der Waals surface area contributed by atoms with Crippen LogP contribution in [0.25, 0.3) is 0 Å². The Kier molecular flexibility index (Phi) is 7.34. The van der Waals surface area contributed by atoms with E-state index in [0.29, 0.717) is 5.56 Å². The molecular formula is C19H17BrN2O2S3. The number of hydrogen-bond acceptors (Lipinski definition) is 7. The number of ether oxygens (including phenoxy) is 1. The van der Waals surface area contributed by atoms with Gasteiger partial charge in [-0.3, -0.25) is 4.79 Å². The van der Waals surface area contributed by atoms with Crippen molar-refractivity contribution in [2.45, 2.75) is 26.6 Å². The summed E-state index contributed by atoms with van der Waals surface area (Å²) in [6.07, 6.45) is 0. The lowest BCUT2D eigenvalue weighted by atomic mass is 10.1. The molecule has 0 aliphatic rings. The first-order chi connectivity index (χ1) is 13.0. The molecule has 27 heavy (non-hydrogen) atoms. The monoisotopic (exact) mass is 480 g/mol. The highest BCUT2D eigenvalue weighted by molar-refractivity contribution is 9.10. The third-order valence-corrected chi connectivity index (χ3v) is 7.53. The van der Waals surface area contributed by atoms with Crippen molar-refractivity contribution in [2.75, 3.05) is 7.11 Å². The fourth-order valence-corrected chi connectivity index (χ4v) is 5.69. The number of ketones is 1. The van der Waals surface area contributed by atoms with Crippen molar-refractivity contribution in [3.05, 3.63) is 64.1 Å². The van der Waals surface area contributed by atoms with Crippen LogP contribution in [-0.4, -0.2) is 28.3 Å². The molecule has 1 atom stereocenters. The number of rotatable bonds is 8. The highest BCUT2D eigenvalue weighted by Crippen LogP contribution is 2.33. The van der Waals surface area contributed by atoms with Gasteiger partial charge in [-0.2, -0.15) is 0 Å². The third kappa shape index (κ3) is 5.81.